The van der Waals surface area contributed by atoms with Crippen LogP contribution in [-0.2, 0) is 4.79 Å². The molecule has 0 unspecified atom stereocenters. The lowest BCUT2D eigenvalue weighted by molar-refractivity contribution is -0.117. The summed E-state index contributed by atoms with van der Waals surface area (Å²) in [6.07, 6.45) is 1.30. The summed E-state index contributed by atoms with van der Waals surface area (Å²) in [7, 11) is 0. The van der Waals surface area contributed by atoms with Crippen molar-refractivity contribution in [2.24, 2.45) is 0 Å². The number of amides is 1. The summed E-state index contributed by atoms with van der Waals surface area (Å²) in [5, 5.41) is 0. The van der Waals surface area contributed by atoms with Crippen molar-refractivity contribution >= 4 is 43.5 Å². The molecule has 0 radical (unpaired) electrons. The summed E-state index contributed by atoms with van der Waals surface area (Å²) in [5.74, 6) is -0.400. The summed E-state index contributed by atoms with van der Waals surface area (Å²) in [4.78, 5) is 12.9. The number of hydrogen-bond donors (Lipinski definition) is 0. The lowest BCUT2D eigenvalue weighted by Gasteiger charge is -2.17. The number of benzene rings is 1. The molecule has 0 aliphatic carbocycles. The zero-order chi connectivity index (χ0) is 11.0. The highest BCUT2D eigenvalue weighted by molar-refractivity contribution is 9.13. The smallest absolute Gasteiger partial charge is 0.227 e. The summed E-state index contributed by atoms with van der Waals surface area (Å²) < 4.78 is 14.8. The molecule has 1 aliphatic rings. The van der Waals surface area contributed by atoms with Crippen LogP contribution in [-0.4, -0.2) is 12.5 Å². The molecule has 1 aromatic rings. The molecular formula is C10H8Br2FNO. The lowest BCUT2D eigenvalue weighted by Crippen LogP contribution is -2.24. The Morgan fingerprint density at radius 2 is 2.07 bits per heavy atom. The molecule has 5 heteroatoms. The highest BCUT2D eigenvalue weighted by Crippen LogP contribution is 2.34. The monoisotopic (exact) mass is 335 g/mol. The Kier molecular flexibility index (Phi) is 3.11. The van der Waals surface area contributed by atoms with Crippen molar-refractivity contribution in [3.63, 3.8) is 0 Å². The van der Waals surface area contributed by atoms with Crippen LogP contribution in [0, 0.1) is 5.82 Å². The van der Waals surface area contributed by atoms with Gasteiger partial charge in [0, 0.05) is 17.4 Å². The third-order valence-corrected chi connectivity index (χ3v) is 4.35. The van der Waals surface area contributed by atoms with Crippen molar-refractivity contribution in [1.29, 1.82) is 0 Å². The van der Waals surface area contributed by atoms with Crippen LogP contribution in [0.3, 0.4) is 0 Å². The van der Waals surface area contributed by atoms with E-state index in [1.807, 2.05) is 0 Å². The molecule has 0 N–H and O–H groups in total. The normalized spacial score (nSPS) is 16.2. The molecule has 1 aliphatic heterocycles. The van der Waals surface area contributed by atoms with E-state index >= 15 is 0 Å². The molecule has 80 valence electrons. The topological polar surface area (TPSA) is 20.3 Å². The van der Waals surface area contributed by atoms with Gasteiger partial charge in [0.05, 0.1) is 10.2 Å². The van der Waals surface area contributed by atoms with Crippen LogP contribution >= 0.6 is 31.9 Å². The minimum Gasteiger partial charge on any atom is -0.310 e. The van der Waals surface area contributed by atoms with Gasteiger partial charge in [0.25, 0.3) is 0 Å². The molecule has 1 amide bonds. The number of carbonyl (C=O) groups excluding carboxylic acids is 1. The van der Waals surface area contributed by atoms with E-state index in [0.717, 1.165) is 6.42 Å². The predicted molar refractivity (Wildman–Crippen MR) is 63.4 cm³/mol. The number of halogens is 3. The molecule has 1 aromatic carbocycles. The Bertz CT molecular complexity index is 422. The molecule has 1 fully saturated rings. The molecule has 0 atom stereocenters. The third-order valence-electron chi connectivity index (χ3n) is 2.38. The van der Waals surface area contributed by atoms with Crippen LogP contribution in [0.2, 0.25) is 0 Å². The molecule has 15 heavy (non-hydrogen) atoms. The van der Waals surface area contributed by atoms with Crippen LogP contribution < -0.4 is 4.90 Å². The van der Waals surface area contributed by atoms with E-state index in [4.69, 9.17) is 0 Å². The van der Waals surface area contributed by atoms with E-state index in [1.165, 1.54) is 4.90 Å². The van der Waals surface area contributed by atoms with Crippen molar-refractivity contribution in [2.75, 3.05) is 11.4 Å². The van der Waals surface area contributed by atoms with E-state index in [0.29, 0.717) is 27.6 Å². The first-order valence-electron chi connectivity index (χ1n) is 4.55. The first kappa shape index (κ1) is 11.1. The maximum atomic E-state index is 13.8. The number of anilines is 1. The van der Waals surface area contributed by atoms with E-state index in [-0.39, 0.29) is 11.7 Å². The second-order valence-electron chi connectivity index (χ2n) is 3.34. The van der Waals surface area contributed by atoms with Crippen LogP contribution in [0.4, 0.5) is 10.1 Å². The first-order chi connectivity index (χ1) is 7.11. The van der Waals surface area contributed by atoms with Gasteiger partial charge in [0.1, 0.15) is 0 Å². The van der Waals surface area contributed by atoms with Crippen molar-refractivity contribution in [1.82, 2.24) is 0 Å². The fourth-order valence-corrected chi connectivity index (χ4v) is 2.27. The Morgan fingerprint density at radius 1 is 1.33 bits per heavy atom. The Balaban J connectivity index is 2.45. The van der Waals surface area contributed by atoms with Gasteiger partial charge in [0.2, 0.25) is 5.91 Å². The summed E-state index contributed by atoms with van der Waals surface area (Å²) in [6, 6.07) is 3.35. The Hall–Kier alpha value is -0.420. The van der Waals surface area contributed by atoms with Crippen molar-refractivity contribution < 1.29 is 9.18 Å². The van der Waals surface area contributed by atoms with Gasteiger partial charge < -0.3 is 4.90 Å². The minimum atomic E-state index is -0.389. The Labute approximate surface area is 104 Å². The molecule has 1 heterocycles. The highest BCUT2D eigenvalue weighted by Gasteiger charge is 2.25. The van der Waals surface area contributed by atoms with Gasteiger partial charge in [-0.2, -0.15) is 0 Å². The van der Waals surface area contributed by atoms with E-state index in [9.17, 15) is 9.18 Å². The van der Waals surface area contributed by atoms with Gasteiger partial charge in [-0.05, 0) is 50.4 Å². The molecule has 0 spiro atoms. The third kappa shape index (κ3) is 1.95. The van der Waals surface area contributed by atoms with E-state index in [2.05, 4.69) is 31.9 Å². The quantitative estimate of drug-likeness (QED) is 0.719. The highest BCUT2D eigenvalue weighted by atomic mass is 79.9. The van der Waals surface area contributed by atoms with Crippen molar-refractivity contribution in [2.45, 2.75) is 12.8 Å². The SMILES string of the molecule is O=C1CCCN1c1ccc(Br)c(Br)c1F. The van der Waals surface area contributed by atoms with E-state index < -0.39 is 0 Å². The summed E-state index contributed by atoms with van der Waals surface area (Å²) in [5.41, 5.74) is 0.354. The lowest BCUT2D eigenvalue weighted by atomic mass is 10.3. The Morgan fingerprint density at radius 3 is 2.67 bits per heavy atom. The first-order valence-corrected chi connectivity index (χ1v) is 6.13. The second kappa shape index (κ2) is 4.22. The van der Waals surface area contributed by atoms with Gasteiger partial charge in [0.15, 0.2) is 5.82 Å². The summed E-state index contributed by atoms with van der Waals surface area (Å²) >= 11 is 6.35. The maximum absolute atomic E-state index is 13.8. The molecule has 2 rings (SSSR count). The fourth-order valence-electron chi connectivity index (χ4n) is 1.63. The van der Waals surface area contributed by atoms with Gasteiger partial charge in [-0.1, -0.05) is 0 Å². The standard InChI is InChI=1S/C10H8Br2FNO/c11-6-3-4-7(10(13)9(6)12)14-5-1-2-8(14)15/h3-4H,1-2,5H2. The number of nitrogens with zero attached hydrogens (tertiary/aromatic N) is 1. The van der Waals surface area contributed by atoms with E-state index in [1.54, 1.807) is 12.1 Å². The molecule has 2 nitrogen and oxygen atoms in total. The fraction of sp³-hybridized carbons (Fsp3) is 0.300. The average molecular weight is 337 g/mol. The summed E-state index contributed by atoms with van der Waals surface area (Å²) in [6.45, 7) is 0.601. The molecule has 1 saturated heterocycles. The second-order valence-corrected chi connectivity index (χ2v) is 4.99. The molecular weight excluding hydrogens is 329 g/mol. The minimum absolute atomic E-state index is 0.0110. The molecule has 0 saturated carbocycles. The average Bonchev–Trinajstić information content (AvgIpc) is 2.62. The number of hydrogen-bond acceptors (Lipinski definition) is 1. The van der Waals surface area contributed by atoms with Gasteiger partial charge in [-0.15, -0.1) is 0 Å². The maximum Gasteiger partial charge on any atom is 0.227 e. The predicted octanol–water partition coefficient (Wildman–Crippen LogP) is 3.48. The molecule has 0 bridgehead atoms. The molecule has 0 aromatic heterocycles. The van der Waals surface area contributed by atoms with Crippen LogP contribution in [0.25, 0.3) is 0 Å². The van der Waals surface area contributed by atoms with Crippen LogP contribution in [0.5, 0.6) is 0 Å². The zero-order valence-corrected chi connectivity index (χ0v) is 10.9. The van der Waals surface area contributed by atoms with Crippen LogP contribution in [0.15, 0.2) is 21.1 Å². The van der Waals surface area contributed by atoms with Crippen molar-refractivity contribution in [3.8, 4) is 0 Å². The van der Waals surface area contributed by atoms with Crippen LogP contribution in [0.1, 0.15) is 12.8 Å². The number of carbonyl (C=O) groups is 1. The largest absolute Gasteiger partial charge is 0.310 e. The zero-order valence-electron chi connectivity index (χ0n) is 7.77. The van der Waals surface area contributed by atoms with Gasteiger partial charge >= 0.3 is 0 Å². The van der Waals surface area contributed by atoms with Gasteiger partial charge in [-0.25, -0.2) is 4.39 Å². The van der Waals surface area contributed by atoms with Crippen molar-refractivity contribution in [3.05, 3.63) is 26.9 Å². The van der Waals surface area contributed by atoms with Gasteiger partial charge in [-0.3, -0.25) is 4.79 Å². The number of rotatable bonds is 1.